The fourth-order valence-corrected chi connectivity index (χ4v) is 6.85. The number of allylic oxidation sites excluding steroid dienone is 1. The maximum atomic E-state index is 11.7. The molecule has 2 aromatic rings. The van der Waals surface area contributed by atoms with Gasteiger partial charge in [0.1, 0.15) is 11.5 Å². The predicted molar refractivity (Wildman–Crippen MR) is 170 cm³/mol. The molecule has 1 saturated heterocycles. The summed E-state index contributed by atoms with van der Waals surface area (Å²) >= 11 is 6.68. The van der Waals surface area contributed by atoms with E-state index in [0.717, 1.165) is 79.0 Å². The topological polar surface area (TPSA) is 75.4 Å². The monoisotopic (exact) mass is 582 g/mol. The highest BCUT2D eigenvalue weighted by atomic mass is 35.5. The molecular weight excluding hydrogens is 532 g/mol. The Kier molecular flexibility index (Phi) is 11.9. The van der Waals surface area contributed by atoms with E-state index in [9.17, 15) is 9.90 Å². The highest BCUT2D eigenvalue weighted by Crippen LogP contribution is 2.39. The van der Waals surface area contributed by atoms with E-state index in [1.807, 2.05) is 18.2 Å². The smallest absolute Gasteiger partial charge is 0.335 e. The molecular formula is C35H51ClN2O3. The molecule has 3 rings (SSSR count). The summed E-state index contributed by atoms with van der Waals surface area (Å²) in [5.41, 5.74) is 5.53. The van der Waals surface area contributed by atoms with Crippen LogP contribution in [0.4, 0.5) is 0 Å². The number of aromatic nitrogens is 1. The van der Waals surface area contributed by atoms with Gasteiger partial charge in [0.05, 0.1) is 10.6 Å². The number of hydrogen-bond donors (Lipinski definition) is 2. The van der Waals surface area contributed by atoms with Crippen LogP contribution < -0.4 is 5.32 Å². The minimum atomic E-state index is -0.873. The summed E-state index contributed by atoms with van der Waals surface area (Å²) in [6.45, 7) is 17.3. The largest absolute Gasteiger partial charge is 0.478 e. The molecule has 0 bridgehead atoms. The normalized spacial score (nSPS) is 20.8. The van der Waals surface area contributed by atoms with Crippen molar-refractivity contribution in [1.82, 2.24) is 10.5 Å². The standard InChI is InChI=1S/C35H51ClN2O3/c1-9-11-15-31-28(33(38-41-31)32-24(7)13-12-14-30(32)36)17-16-26(22(3)4)20-27-18-19-35(8,37-27)29(23(5)6)21-25(10-2)34(39)40/h10,12-14,21-23,26-27,37H,9,11,15-20H2,1-8H3,(H,39,40)/b25-10+,29-21-. The van der Waals surface area contributed by atoms with Crippen LogP contribution in [0, 0.1) is 24.7 Å². The van der Waals surface area contributed by atoms with Crippen molar-refractivity contribution < 1.29 is 14.4 Å². The number of halogens is 1. The third kappa shape index (κ3) is 8.14. The second-order valence-corrected chi connectivity index (χ2v) is 13.2. The molecule has 0 radical (unpaired) electrons. The van der Waals surface area contributed by atoms with Gasteiger partial charge in [0, 0.05) is 29.1 Å². The number of rotatable bonds is 14. The first-order chi connectivity index (χ1) is 19.4. The van der Waals surface area contributed by atoms with Crippen molar-refractivity contribution in [1.29, 1.82) is 0 Å². The Morgan fingerprint density at radius 1 is 1.27 bits per heavy atom. The molecule has 226 valence electrons. The van der Waals surface area contributed by atoms with E-state index in [1.54, 1.807) is 13.0 Å². The average Bonchev–Trinajstić information content (AvgIpc) is 3.48. The molecule has 1 aliphatic rings. The van der Waals surface area contributed by atoms with Crippen LogP contribution in [-0.2, 0) is 17.6 Å². The van der Waals surface area contributed by atoms with Crippen molar-refractivity contribution in [2.75, 3.05) is 0 Å². The predicted octanol–water partition coefficient (Wildman–Crippen LogP) is 9.36. The maximum Gasteiger partial charge on any atom is 0.335 e. The van der Waals surface area contributed by atoms with Gasteiger partial charge < -0.3 is 14.9 Å². The summed E-state index contributed by atoms with van der Waals surface area (Å²) < 4.78 is 5.95. The molecule has 0 saturated carbocycles. The van der Waals surface area contributed by atoms with Gasteiger partial charge in [0.15, 0.2) is 0 Å². The van der Waals surface area contributed by atoms with Crippen molar-refractivity contribution in [3.63, 3.8) is 0 Å². The summed E-state index contributed by atoms with van der Waals surface area (Å²) in [6, 6.07) is 6.39. The number of unbranched alkanes of at least 4 members (excludes halogenated alkanes) is 1. The minimum Gasteiger partial charge on any atom is -0.478 e. The minimum absolute atomic E-state index is 0.208. The Labute approximate surface area is 252 Å². The van der Waals surface area contributed by atoms with Crippen molar-refractivity contribution in [3.8, 4) is 11.3 Å². The van der Waals surface area contributed by atoms with Crippen LogP contribution in [0.15, 0.2) is 46.0 Å². The van der Waals surface area contributed by atoms with Crippen molar-refractivity contribution in [2.45, 2.75) is 118 Å². The molecule has 6 heteroatoms. The Morgan fingerprint density at radius 2 is 2.00 bits per heavy atom. The number of nitrogens with one attached hydrogen (secondary N) is 1. The van der Waals surface area contributed by atoms with Gasteiger partial charge in [-0.2, -0.15) is 0 Å². The van der Waals surface area contributed by atoms with Gasteiger partial charge in [-0.25, -0.2) is 4.79 Å². The van der Waals surface area contributed by atoms with E-state index >= 15 is 0 Å². The molecule has 3 atom stereocenters. The van der Waals surface area contributed by atoms with Crippen LogP contribution in [0.2, 0.25) is 5.02 Å². The number of benzene rings is 1. The average molecular weight is 583 g/mol. The van der Waals surface area contributed by atoms with E-state index in [0.29, 0.717) is 23.5 Å². The summed E-state index contributed by atoms with van der Waals surface area (Å²) in [5, 5.41) is 18.9. The second-order valence-electron chi connectivity index (χ2n) is 12.8. The molecule has 1 aromatic carbocycles. The van der Waals surface area contributed by atoms with Crippen molar-refractivity contribution >= 4 is 17.6 Å². The first kappa shape index (κ1) is 33.1. The van der Waals surface area contributed by atoms with Crippen LogP contribution in [0.1, 0.15) is 104 Å². The van der Waals surface area contributed by atoms with E-state index < -0.39 is 5.97 Å². The fraction of sp³-hybridized carbons (Fsp3) is 0.600. The molecule has 2 N–H and O–H groups in total. The number of aliphatic carboxylic acids is 1. The summed E-state index contributed by atoms with van der Waals surface area (Å²) in [6.07, 6.45) is 11.8. The zero-order chi connectivity index (χ0) is 30.3. The van der Waals surface area contributed by atoms with Gasteiger partial charge in [-0.1, -0.05) is 76.0 Å². The van der Waals surface area contributed by atoms with E-state index in [4.69, 9.17) is 16.1 Å². The van der Waals surface area contributed by atoms with Gasteiger partial charge in [0.25, 0.3) is 0 Å². The fourth-order valence-electron chi connectivity index (χ4n) is 6.54. The lowest BCUT2D eigenvalue weighted by molar-refractivity contribution is -0.132. The van der Waals surface area contributed by atoms with E-state index in [-0.39, 0.29) is 11.5 Å². The second kappa shape index (κ2) is 14.7. The van der Waals surface area contributed by atoms with Gasteiger partial charge in [0.2, 0.25) is 0 Å². The zero-order valence-electron chi connectivity index (χ0n) is 26.4. The lowest BCUT2D eigenvalue weighted by atomic mass is 9.82. The molecule has 1 aliphatic heterocycles. The summed E-state index contributed by atoms with van der Waals surface area (Å²) in [4.78, 5) is 11.7. The van der Waals surface area contributed by atoms with Gasteiger partial charge in [-0.3, -0.25) is 0 Å². The number of hydrogen-bond acceptors (Lipinski definition) is 4. The highest BCUT2D eigenvalue weighted by molar-refractivity contribution is 6.33. The number of carboxylic acids is 1. The Hall–Kier alpha value is -2.37. The first-order valence-corrected chi connectivity index (χ1v) is 15.9. The van der Waals surface area contributed by atoms with Gasteiger partial charge in [-0.15, -0.1) is 0 Å². The third-order valence-corrected chi connectivity index (χ3v) is 9.34. The molecule has 1 aromatic heterocycles. The highest BCUT2D eigenvalue weighted by Gasteiger charge is 2.39. The Bertz CT molecular complexity index is 1220. The van der Waals surface area contributed by atoms with Gasteiger partial charge in [-0.05, 0) is 100 Å². The molecule has 5 nitrogen and oxygen atoms in total. The maximum absolute atomic E-state index is 11.7. The van der Waals surface area contributed by atoms with Crippen molar-refractivity contribution in [3.05, 3.63) is 63.4 Å². The Balaban J connectivity index is 1.81. The molecule has 0 aliphatic carbocycles. The van der Waals surface area contributed by atoms with Crippen LogP contribution in [0.5, 0.6) is 0 Å². The number of carboxylic acid groups (broad SMARTS) is 1. The molecule has 3 unspecified atom stereocenters. The van der Waals surface area contributed by atoms with Crippen LogP contribution in [0.3, 0.4) is 0 Å². The van der Waals surface area contributed by atoms with E-state index in [1.165, 1.54) is 11.1 Å². The summed E-state index contributed by atoms with van der Waals surface area (Å²) in [7, 11) is 0. The summed E-state index contributed by atoms with van der Waals surface area (Å²) in [5.74, 6) is 1.45. The van der Waals surface area contributed by atoms with Crippen molar-refractivity contribution in [2.24, 2.45) is 17.8 Å². The zero-order valence-corrected chi connectivity index (χ0v) is 27.2. The molecule has 0 spiro atoms. The Morgan fingerprint density at radius 3 is 2.59 bits per heavy atom. The lowest BCUT2D eigenvalue weighted by Gasteiger charge is -2.33. The number of carbonyl (C=O) groups is 1. The molecule has 2 heterocycles. The number of aryl methyl sites for hydroxylation is 2. The number of nitrogens with zero attached hydrogens (tertiary/aromatic N) is 1. The first-order valence-electron chi connectivity index (χ1n) is 15.5. The third-order valence-electron chi connectivity index (χ3n) is 9.02. The quantitative estimate of drug-likeness (QED) is 0.171. The lowest BCUT2D eigenvalue weighted by Crippen LogP contribution is -2.44. The van der Waals surface area contributed by atoms with E-state index in [2.05, 4.69) is 65.0 Å². The molecule has 41 heavy (non-hydrogen) atoms. The molecule has 0 amide bonds. The van der Waals surface area contributed by atoms with Gasteiger partial charge >= 0.3 is 5.97 Å². The molecule has 1 fully saturated rings. The van der Waals surface area contributed by atoms with Crippen LogP contribution in [-0.4, -0.2) is 27.8 Å². The SMILES string of the molecule is C/C=C(\C=C(\C(C)C)C1(C)CCC(CC(CCc2c(-c3c(C)cccc3Cl)noc2CCCC)C(C)C)N1)C(=O)O. The van der Waals surface area contributed by atoms with Crippen LogP contribution in [0.25, 0.3) is 11.3 Å². The van der Waals surface area contributed by atoms with Crippen LogP contribution >= 0.6 is 11.6 Å².